The second-order valence-corrected chi connectivity index (χ2v) is 5.89. The van der Waals surface area contributed by atoms with E-state index in [0.717, 1.165) is 0 Å². The number of hydrogen-bond donors (Lipinski definition) is 1. The Morgan fingerprint density at radius 3 is 2.48 bits per heavy atom. The minimum Gasteiger partial charge on any atom is -0.479 e. The van der Waals surface area contributed by atoms with Gasteiger partial charge in [-0.25, -0.2) is 0 Å². The van der Waals surface area contributed by atoms with Crippen LogP contribution in [0.4, 0.5) is 0 Å². The standard InChI is InChI=1S/C15H18Cl2N2O2/c1-8(2)12(7-18)19-15(20)10(4)21-13-6-5-11(16)9(3)14(13)17/h5-6,8,10,12H,1-4H3,(H,19,20). The maximum atomic E-state index is 12.0. The van der Waals surface area contributed by atoms with Crippen molar-refractivity contribution in [2.24, 2.45) is 5.92 Å². The summed E-state index contributed by atoms with van der Waals surface area (Å²) in [7, 11) is 0. The van der Waals surface area contributed by atoms with E-state index in [9.17, 15) is 4.79 Å². The van der Waals surface area contributed by atoms with Crippen molar-refractivity contribution in [3.05, 3.63) is 27.7 Å². The summed E-state index contributed by atoms with van der Waals surface area (Å²) < 4.78 is 5.56. The Morgan fingerprint density at radius 1 is 1.33 bits per heavy atom. The molecule has 1 aromatic carbocycles. The molecule has 1 N–H and O–H groups in total. The van der Waals surface area contributed by atoms with E-state index in [4.69, 9.17) is 33.2 Å². The summed E-state index contributed by atoms with van der Waals surface area (Å²) in [5, 5.41) is 12.5. The lowest BCUT2D eigenvalue weighted by Crippen LogP contribution is -2.44. The predicted octanol–water partition coefficient (Wildman–Crippen LogP) is 3.73. The van der Waals surface area contributed by atoms with Gasteiger partial charge in [0.1, 0.15) is 11.8 Å². The summed E-state index contributed by atoms with van der Waals surface area (Å²) in [6.45, 7) is 7.09. The van der Waals surface area contributed by atoms with Crippen LogP contribution < -0.4 is 10.1 Å². The first-order chi connectivity index (χ1) is 9.77. The predicted molar refractivity (Wildman–Crippen MR) is 83.7 cm³/mol. The molecule has 2 unspecified atom stereocenters. The van der Waals surface area contributed by atoms with Gasteiger partial charge in [-0.15, -0.1) is 0 Å². The molecule has 0 saturated heterocycles. The Hall–Kier alpha value is -1.44. The highest BCUT2D eigenvalue weighted by atomic mass is 35.5. The van der Waals surface area contributed by atoms with Crippen molar-refractivity contribution >= 4 is 29.1 Å². The van der Waals surface area contributed by atoms with Gasteiger partial charge in [-0.1, -0.05) is 37.0 Å². The topological polar surface area (TPSA) is 62.1 Å². The maximum absolute atomic E-state index is 12.0. The van der Waals surface area contributed by atoms with E-state index >= 15 is 0 Å². The average Bonchev–Trinajstić information content (AvgIpc) is 2.44. The van der Waals surface area contributed by atoms with Crippen LogP contribution in [0.1, 0.15) is 26.3 Å². The van der Waals surface area contributed by atoms with E-state index < -0.39 is 12.1 Å². The van der Waals surface area contributed by atoms with Crippen molar-refractivity contribution in [3.8, 4) is 11.8 Å². The number of amides is 1. The molecule has 0 saturated carbocycles. The van der Waals surface area contributed by atoms with Gasteiger partial charge in [0.2, 0.25) is 0 Å². The number of benzene rings is 1. The Bertz CT molecular complexity index is 568. The van der Waals surface area contributed by atoms with Gasteiger partial charge < -0.3 is 10.1 Å². The highest BCUT2D eigenvalue weighted by molar-refractivity contribution is 6.36. The van der Waals surface area contributed by atoms with Crippen molar-refractivity contribution < 1.29 is 9.53 Å². The fourth-order valence-electron chi connectivity index (χ4n) is 1.59. The molecule has 1 rings (SSSR count). The summed E-state index contributed by atoms with van der Waals surface area (Å²) >= 11 is 12.1. The Labute approximate surface area is 135 Å². The molecule has 0 aliphatic carbocycles. The normalized spacial score (nSPS) is 13.4. The molecule has 0 heterocycles. The summed E-state index contributed by atoms with van der Waals surface area (Å²) in [4.78, 5) is 12.0. The lowest BCUT2D eigenvalue weighted by atomic mass is 10.1. The van der Waals surface area contributed by atoms with Crippen LogP contribution in [0.5, 0.6) is 5.75 Å². The summed E-state index contributed by atoms with van der Waals surface area (Å²) in [5.41, 5.74) is 0.695. The third-order valence-corrected chi connectivity index (χ3v) is 3.94. The third-order valence-electron chi connectivity index (χ3n) is 3.06. The van der Waals surface area contributed by atoms with E-state index in [0.29, 0.717) is 21.4 Å². The lowest BCUT2D eigenvalue weighted by Gasteiger charge is -2.20. The zero-order valence-corrected chi connectivity index (χ0v) is 13.9. The van der Waals surface area contributed by atoms with Gasteiger partial charge in [-0.2, -0.15) is 5.26 Å². The second kappa shape index (κ2) is 7.53. The average molecular weight is 329 g/mol. The molecular weight excluding hydrogens is 311 g/mol. The van der Waals surface area contributed by atoms with Gasteiger partial charge in [0.25, 0.3) is 5.91 Å². The quantitative estimate of drug-likeness (QED) is 0.895. The number of halogens is 2. The Kier molecular flexibility index (Phi) is 6.32. The molecule has 0 aliphatic heterocycles. The van der Waals surface area contributed by atoms with Gasteiger partial charge in [0, 0.05) is 5.02 Å². The number of carbonyl (C=O) groups is 1. The smallest absolute Gasteiger partial charge is 0.261 e. The molecule has 21 heavy (non-hydrogen) atoms. The second-order valence-electron chi connectivity index (χ2n) is 5.10. The molecule has 2 atom stereocenters. The number of nitrogens with zero attached hydrogens (tertiary/aromatic N) is 1. The van der Waals surface area contributed by atoms with Crippen LogP contribution in [0.15, 0.2) is 12.1 Å². The molecule has 0 bridgehead atoms. The van der Waals surface area contributed by atoms with E-state index in [1.165, 1.54) is 0 Å². The van der Waals surface area contributed by atoms with Crippen LogP contribution >= 0.6 is 23.2 Å². The number of nitriles is 1. The molecule has 0 aromatic heterocycles. The van der Waals surface area contributed by atoms with Crippen LogP contribution in [0.3, 0.4) is 0 Å². The zero-order valence-electron chi connectivity index (χ0n) is 12.4. The first kappa shape index (κ1) is 17.6. The first-order valence-electron chi connectivity index (χ1n) is 6.59. The molecule has 0 fully saturated rings. The van der Waals surface area contributed by atoms with Gasteiger partial charge in [-0.05, 0) is 37.5 Å². The van der Waals surface area contributed by atoms with Gasteiger partial charge >= 0.3 is 0 Å². The molecule has 114 valence electrons. The van der Waals surface area contributed by atoms with E-state index in [-0.39, 0.29) is 11.8 Å². The third kappa shape index (κ3) is 4.52. The number of nitrogens with one attached hydrogen (secondary N) is 1. The Balaban J connectivity index is 2.78. The fourth-order valence-corrected chi connectivity index (χ4v) is 2.01. The van der Waals surface area contributed by atoms with Crippen LogP contribution in [0, 0.1) is 24.2 Å². The maximum Gasteiger partial charge on any atom is 0.261 e. The summed E-state index contributed by atoms with van der Waals surface area (Å²) in [6, 6.07) is 4.78. The molecule has 1 amide bonds. The van der Waals surface area contributed by atoms with Crippen molar-refractivity contribution in [1.29, 1.82) is 5.26 Å². The largest absolute Gasteiger partial charge is 0.479 e. The van der Waals surface area contributed by atoms with Gasteiger partial charge in [0.15, 0.2) is 6.10 Å². The SMILES string of the molecule is Cc1c(Cl)ccc(OC(C)C(=O)NC(C#N)C(C)C)c1Cl. The van der Waals surface area contributed by atoms with Crippen molar-refractivity contribution in [1.82, 2.24) is 5.32 Å². The van der Waals surface area contributed by atoms with Gasteiger partial charge in [0.05, 0.1) is 11.1 Å². The summed E-state index contributed by atoms with van der Waals surface area (Å²) in [5.74, 6) is 0.0469. The van der Waals surface area contributed by atoms with Crippen molar-refractivity contribution in [2.75, 3.05) is 0 Å². The first-order valence-corrected chi connectivity index (χ1v) is 7.34. The van der Waals surface area contributed by atoms with Crippen LogP contribution in [-0.4, -0.2) is 18.1 Å². The molecule has 0 radical (unpaired) electrons. The highest BCUT2D eigenvalue weighted by Gasteiger charge is 2.22. The Morgan fingerprint density at radius 2 is 1.95 bits per heavy atom. The minimum atomic E-state index is -0.766. The number of ether oxygens (including phenoxy) is 1. The molecule has 1 aromatic rings. The van der Waals surface area contributed by atoms with Crippen molar-refractivity contribution in [2.45, 2.75) is 39.8 Å². The number of hydrogen-bond acceptors (Lipinski definition) is 3. The fraction of sp³-hybridized carbons (Fsp3) is 0.467. The van der Waals surface area contributed by atoms with E-state index in [1.807, 2.05) is 19.9 Å². The minimum absolute atomic E-state index is 0.0208. The monoisotopic (exact) mass is 328 g/mol. The summed E-state index contributed by atoms with van der Waals surface area (Å²) in [6.07, 6.45) is -0.766. The number of carbonyl (C=O) groups excluding carboxylic acids is 1. The molecule has 0 aliphatic rings. The van der Waals surface area contributed by atoms with E-state index in [2.05, 4.69) is 5.32 Å². The van der Waals surface area contributed by atoms with Crippen LogP contribution in [0.2, 0.25) is 10.0 Å². The van der Waals surface area contributed by atoms with Crippen LogP contribution in [0.25, 0.3) is 0 Å². The van der Waals surface area contributed by atoms with Crippen molar-refractivity contribution in [3.63, 3.8) is 0 Å². The molecular formula is C15H18Cl2N2O2. The van der Waals surface area contributed by atoms with Gasteiger partial charge in [-0.3, -0.25) is 4.79 Å². The highest BCUT2D eigenvalue weighted by Crippen LogP contribution is 2.33. The van der Waals surface area contributed by atoms with Crippen LogP contribution in [-0.2, 0) is 4.79 Å². The number of rotatable bonds is 5. The van der Waals surface area contributed by atoms with E-state index in [1.54, 1.807) is 26.0 Å². The molecule has 4 nitrogen and oxygen atoms in total. The lowest BCUT2D eigenvalue weighted by molar-refractivity contribution is -0.127. The molecule has 6 heteroatoms. The zero-order chi connectivity index (χ0) is 16.2. The molecule has 0 spiro atoms.